The Morgan fingerprint density at radius 1 is 1.04 bits per heavy atom. The normalized spacial score (nSPS) is 10.6. The highest BCUT2D eigenvalue weighted by Gasteiger charge is 2.16. The molecule has 0 atom stereocenters. The van der Waals surface area contributed by atoms with Crippen molar-refractivity contribution < 1.29 is 14.3 Å². The highest BCUT2D eigenvalue weighted by Crippen LogP contribution is 2.29. The van der Waals surface area contributed by atoms with E-state index in [1.807, 2.05) is 50.5 Å². The Hall–Kier alpha value is -2.75. The molecule has 0 aliphatic rings. The molecule has 0 aromatic heterocycles. The number of nitrogens with zero attached hydrogens (tertiary/aromatic N) is 1. The van der Waals surface area contributed by atoms with E-state index >= 15 is 0 Å². The van der Waals surface area contributed by atoms with Crippen molar-refractivity contribution in [3.8, 4) is 11.5 Å². The van der Waals surface area contributed by atoms with Gasteiger partial charge in [0.15, 0.2) is 5.78 Å². The monoisotopic (exact) mass is 311 g/mol. The number of methoxy groups -OCH3 is 1. The number of ether oxygens (including phenoxy) is 2. The number of allylic oxidation sites excluding steroid dienone is 1. The smallest absolute Gasteiger partial charge is 0.194 e. The predicted molar refractivity (Wildman–Crippen MR) is 90.9 cm³/mol. The summed E-state index contributed by atoms with van der Waals surface area (Å²) < 4.78 is 11.2. The highest BCUT2D eigenvalue weighted by molar-refractivity contribution is 6.08. The summed E-state index contributed by atoms with van der Waals surface area (Å²) in [5, 5.41) is 0. The number of hydrogen-bond acceptors (Lipinski definition) is 4. The second kappa shape index (κ2) is 8.03. The number of rotatable bonds is 7. The van der Waals surface area contributed by atoms with Crippen LogP contribution in [0.2, 0.25) is 0 Å². The van der Waals surface area contributed by atoms with Crippen LogP contribution < -0.4 is 9.47 Å². The largest absolute Gasteiger partial charge is 0.496 e. The summed E-state index contributed by atoms with van der Waals surface area (Å²) in [5.74, 6) is 0.866. The summed E-state index contributed by atoms with van der Waals surface area (Å²) in [6.45, 7) is 0.395. The van der Waals surface area contributed by atoms with E-state index in [-0.39, 0.29) is 5.78 Å². The van der Waals surface area contributed by atoms with Crippen molar-refractivity contribution >= 4 is 5.78 Å². The second-order valence-electron chi connectivity index (χ2n) is 5.25. The van der Waals surface area contributed by atoms with E-state index in [4.69, 9.17) is 9.47 Å². The third kappa shape index (κ3) is 4.61. The van der Waals surface area contributed by atoms with Gasteiger partial charge in [-0.2, -0.15) is 0 Å². The van der Waals surface area contributed by atoms with Crippen LogP contribution >= 0.6 is 0 Å². The van der Waals surface area contributed by atoms with Gasteiger partial charge in [0.05, 0.1) is 7.11 Å². The van der Waals surface area contributed by atoms with E-state index in [0.717, 1.165) is 5.56 Å². The molecule has 4 heteroatoms. The van der Waals surface area contributed by atoms with Gasteiger partial charge in [0.1, 0.15) is 23.7 Å². The summed E-state index contributed by atoms with van der Waals surface area (Å²) in [6.07, 6.45) is 3.21. The van der Waals surface area contributed by atoms with Crippen molar-refractivity contribution in [3.05, 3.63) is 71.9 Å². The van der Waals surface area contributed by atoms with Crippen molar-refractivity contribution in [1.82, 2.24) is 4.90 Å². The molecule has 2 aromatic rings. The Balaban J connectivity index is 2.26. The molecule has 0 heterocycles. The van der Waals surface area contributed by atoms with Crippen molar-refractivity contribution in [2.24, 2.45) is 0 Å². The zero-order valence-corrected chi connectivity index (χ0v) is 13.7. The first kappa shape index (κ1) is 16.6. The van der Waals surface area contributed by atoms with E-state index in [1.165, 1.54) is 6.08 Å². The quantitative estimate of drug-likeness (QED) is 0.579. The van der Waals surface area contributed by atoms with Gasteiger partial charge in [-0.15, -0.1) is 0 Å². The van der Waals surface area contributed by atoms with Gasteiger partial charge in [-0.1, -0.05) is 36.4 Å². The molecule has 4 nitrogen and oxygen atoms in total. The SMILES string of the molecule is COc1cccc(OCc2ccccc2)c1C(=O)C=CN(C)C. The van der Waals surface area contributed by atoms with Gasteiger partial charge >= 0.3 is 0 Å². The van der Waals surface area contributed by atoms with Crippen LogP contribution in [0, 0.1) is 0 Å². The Labute approximate surface area is 137 Å². The molecule has 0 aliphatic heterocycles. The van der Waals surface area contributed by atoms with Crippen molar-refractivity contribution in [1.29, 1.82) is 0 Å². The first-order valence-electron chi connectivity index (χ1n) is 7.34. The van der Waals surface area contributed by atoms with Crippen LogP contribution in [0.25, 0.3) is 0 Å². The fourth-order valence-electron chi connectivity index (χ4n) is 2.08. The summed E-state index contributed by atoms with van der Waals surface area (Å²) >= 11 is 0. The van der Waals surface area contributed by atoms with E-state index < -0.39 is 0 Å². The van der Waals surface area contributed by atoms with Crippen LogP contribution in [-0.4, -0.2) is 31.9 Å². The van der Waals surface area contributed by atoms with E-state index in [2.05, 4.69) is 0 Å². The second-order valence-corrected chi connectivity index (χ2v) is 5.25. The lowest BCUT2D eigenvalue weighted by molar-refractivity contribution is 0.103. The van der Waals surface area contributed by atoms with Crippen LogP contribution in [0.3, 0.4) is 0 Å². The average Bonchev–Trinajstić information content (AvgIpc) is 2.58. The van der Waals surface area contributed by atoms with E-state index in [1.54, 1.807) is 30.3 Å². The molecule has 0 unspecified atom stereocenters. The Morgan fingerprint density at radius 2 is 1.74 bits per heavy atom. The molecule has 0 saturated heterocycles. The van der Waals surface area contributed by atoms with Gasteiger partial charge in [0.25, 0.3) is 0 Å². The average molecular weight is 311 g/mol. The minimum absolute atomic E-state index is 0.154. The number of benzene rings is 2. The number of carbonyl (C=O) groups is 1. The topological polar surface area (TPSA) is 38.8 Å². The number of hydrogen-bond donors (Lipinski definition) is 0. The third-order valence-corrected chi connectivity index (χ3v) is 3.22. The molecule has 0 fully saturated rings. The van der Waals surface area contributed by atoms with Crippen LogP contribution in [-0.2, 0) is 6.61 Å². The molecule has 0 aliphatic carbocycles. The third-order valence-electron chi connectivity index (χ3n) is 3.22. The van der Waals surface area contributed by atoms with E-state index in [9.17, 15) is 4.79 Å². The molecule has 2 rings (SSSR count). The molecular weight excluding hydrogens is 290 g/mol. The molecule has 0 saturated carbocycles. The molecular formula is C19H21NO3. The van der Waals surface area contributed by atoms with Gasteiger partial charge < -0.3 is 14.4 Å². The number of carbonyl (C=O) groups excluding carboxylic acids is 1. The molecule has 2 aromatic carbocycles. The zero-order valence-electron chi connectivity index (χ0n) is 13.7. The predicted octanol–water partition coefficient (Wildman–Crippen LogP) is 3.53. The van der Waals surface area contributed by atoms with Crippen LogP contribution in [0.5, 0.6) is 11.5 Å². The fourth-order valence-corrected chi connectivity index (χ4v) is 2.08. The summed E-state index contributed by atoms with van der Waals surface area (Å²) in [5.41, 5.74) is 1.47. The van der Waals surface area contributed by atoms with Crippen LogP contribution in [0.4, 0.5) is 0 Å². The lowest BCUT2D eigenvalue weighted by atomic mass is 10.1. The maximum atomic E-state index is 12.5. The number of ketones is 1. The molecule has 0 spiro atoms. The molecule has 0 N–H and O–H groups in total. The van der Waals surface area contributed by atoms with E-state index in [0.29, 0.717) is 23.7 Å². The summed E-state index contributed by atoms with van der Waals surface area (Å²) in [7, 11) is 5.26. The van der Waals surface area contributed by atoms with Gasteiger partial charge in [0, 0.05) is 26.4 Å². The standard InChI is InChI=1S/C19H21NO3/c1-20(2)13-12-16(21)19-17(22-3)10-7-11-18(19)23-14-15-8-5-4-6-9-15/h4-13H,14H2,1-3H3. The summed E-state index contributed by atoms with van der Waals surface area (Å²) in [6, 6.07) is 15.2. The lowest BCUT2D eigenvalue weighted by Crippen LogP contribution is -2.07. The molecule has 120 valence electrons. The van der Waals surface area contributed by atoms with Gasteiger partial charge in [-0.25, -0.2) is 0 Å². The molecule has 0 radical (unpaired) electrons. The zero-order chi connectivity index (χ0) is 16.7. The van der Waals surface area contributed by atoms with Crippen molar-refractivity contribution in [2.45, 2.75) is 6.61 Å². The van der Waals surface area contributed by atoms with Gasteiger partial charge in [-0.3, -0.25) is 4.79 Å². The Bertz CT molecular complexity index is 678. The van der Waals surface area contributed by atoms with Crippen LogP contribution in [0.15, 0.2) is 60.8 Å². The van der Waals surface area contributed by atoms with Crippen molar-refractivity contribution in [2.75, 3.05) is 21.2 Å². The Kier molecular flexibility index (Phi) is 5.80. The van der Waals surface area contributed by atoms with Crippen LogP contribution in [0.1, 0.15) is 15.9 Å². The minimum atomic E-state index is -0.154. The van der Waals surface area contributed by atoms with Crippen molar-refractivity contribution in [3.63, 3.8) is 0 Å². The fraction of sp³-hybridized carbons (Fsp3) is 0.211. The first-order chi connectivity index (χ1) is 11.1. The minimum Gasteiger partial charge on any atom is -0.496 e. The maximum Gasteiger partial charge on any atom is 0.194 e. The maximum absolute atomic E-state index is 12.5. The first-order valence-corrected chi connectivity index (χ1v) is 7.34. The molecule has 0 amide bonds. The van der Waals surface area contributed by atoms with Gasteiger partial charge in [0.2, 0.25) is 0 Å². The summed E-state index contributed by atoms with van der Waals surface area (Å²) in [4.78, 5) is 14.3. The lowest BCUT2D eigenvalue weighted by Gasteiger charge is -2.13. The Morgan fingerprint density at radius 3 is 2.39 bits per heavy atom. The molecule has 23 heavy (non-hydrogen) atoms. The van der Waals surface area contributed by atoms with Gasteiger partial charge in [-0.05, 0) is 17.7 Å². The molecule has 0 bridgehead atoms. The highest BCUT2D eigenvalue weighted by atomic mass is 16.5.